The van der Waals surface area contributed by atoms with Gasteiger partial charge in [0, 0.05) is 11.9 Å². The number of nitrogens with one attached hydrogen (secondary N) is 1. The number of para-hydroxylation sites is 1. The fraction of sp³-hybridized carbons (Fsp3) is 0.435. The van der Waals surface area contributed by atoms with Crippen LogP contribution in [0.4, 0.5) is 18.9 Å². The Labute approximate surface area is 198 Å². The molecule has 0 radical (unpaired) electrons. The molecule has 0 fully saturated rings. The quantitative estimate of drug-likeness (QED) is 0.415. The normalized spacial score (nSPS) is 17.0. The molecule has 1 aromatic carbocycles. The summed E-state index contributed by atoms with van der Waals surface area (Å²) in [4.78, 5) is 15.1. The molecule has 1 aliphatic carbocycles. The number of alkyl halides is 3. The van der Waals surface area contributed by atoms with Gasteiger partial charge in [-0.25, -0.2) is 0 Å². The number of rotatable bonds is 6. The van der Waals surface area contributed by atoms with Gasteiger partial charge in [0.25, 0.3) is 0 Å². The molecule has 5 nitrogen and oxygen atoms in total. The van der Waals surface area contributed by atoms with E-state index in [1.807, 2.05) is 11.6 Å². The zero-order chi connectivity index (χ0) is 23.8. The molecule has 33 heavy (non-hydrogen) atoms. The van der Waals surface area contributed by atoms with Crippen LogP contribution in [-0.2, 0) is 30.9 Å². The summed E-state index contributed by atoms with van der Waals surface area (Å²) in [6, 6.07) is 7.15. The van der Waals surface area contributed by atoms with Gasteiger partial charge in [-0.15, -0.1) is 21.5 Å². The molecule has 2 atom stereocenters. The number of amides is 1. The molecule has 0 spiro atoms. The van der Waals surface area contributed by atoms with E-state index in [2.05, 4.69) is 28.5 Å². The van der Waals surface area contributed by atoms with Crippen LogP contribution in [0.3, 0.4) is 0 Å². The molecule has 2 heterocycles. The lowest BCUT2D eigenvalue weighted by atomic mass is 9.87. The number of nitrogens with zero attached hydrogens (tertiary/aromatic N) is 3. The van der Waals surface area contributed by atoms with Crippen LogP contribution in [0.2, 0.25) is 0 Å². The van der Waals surface area contributed by atoms with E-state index in [1.54, 1.807) is 18.3 Å². The second kappa shape index (κ2) is 9.50. The Hall–Kier alpha value is -2.33. The van der Waals surface area contributed by atoms with Gasteiger partial charge in [-0.2, -0.15) is 13.2 Å². The molecule has 0 aliphatic heterocycles. The van der Waals surface area contributed by atoms with E-state index in [0.29, 0.717) is 5.16 Å². The highest BCUT2D eigenvalue weighted by Gasteiger charge is 2.34. The number of aromatic nitrogens is 3. The molecule has 1 N–H and O–H groups in total. The molecule has 1 aliphatic rings. The first-order valence-electron chi connectivity index (χ1n) is 10.8. The van der Waals surface area contributed by atoms with Crippen LogP contribution in [0.1, 0.15) is 42.7 Å². The maximum absolute atomic E-state index is 13.2. The van der Waals surface area contributed by atoms with Crippen LogP contribution in [0, 0.1) is 5.92 Å². The number of anilines is 1. The molecule has 2 aromatic heterocycles. The van der Waals surface area contributed by atoms with E-state index in [0.717, 1.165) is 35.5 Å². The Morgan fingerprint density at radius 1 is 1.33 bits per heavy atom. The highest BCUT2D eigenvalue weighted by atomic mass is 32.2. The fourth-order valence-electron chi connectivity index (χ4n) is 3.98. The number of fused-ring (bicyclic) bond motifs is 1. The molecule has 0 saturated carbocycles. The van der Waals surface area contributed by atoms with Crippen LogP contribution >= 0.6 is 23.1 Å². The van der Waals surface area contributed by atoms with Gasteiger partial charge in [-0.1, -0.05) is 37.2 Å². The lowest BCUT2D eigenvalue weighted by Gasteiger charge is -2.19. The average Bonchev–Trinajstić information content (AvgIpc) is 3.35. The van der Waals surface area contributed by atoms with Crippen molar-refractivity contribution in [3.8, 4) is 10.7 Å². The van der Waals surface area contributed by atoms with Gasteiger partial charge in [0.1, 0.15) is 0 Å². The summed E-state index contributed by atoms with van der Waals surface area (Å²) in [5, 5.41) is 10.8. The number of carbonyl (C=O) groups is 1. The predicted octanol–water partition coefficient (Wildman–Crippen LogP) is 6.20. The molecule has 10 heteroatoms. The van der Waals surface area contributed by atoms with E-state index in [9.17, 15) is 18.0 Å². The number of thiophene rings is 1. The van der Waals surface area contributed by atoms with Crippen LogP contribution < -0.4 is 5.32 Å². The first-order chi connectivity index (χ1) is 15.7. The number of halogens is 3. The summed E-state index contributed by atoms with van der Waals surface area (Å²) >= 11 is 2.91. The minimum Gasteiger partial charge on any atom is -0.325 e. The largest absolute Gasteiger partial charge is 0.418 e. The van der Waals surface area contributed by atoms with Crippen LogP contribution in [0.5, 0.6) is 0 Å². The highest BCUT2D eigenvalue weighted by molar-refractivity contribution is 8.00. The molecule has 1 amide bonds. The molecule has 4 rings (SSSR count). The Morgan fingerprint density at radius 2 is 2.09 bits per heavy atom. The lowest BCUT2D eigenvalue weighted by Crippen LogP contribution is -2.24. The standard InChI is InChI=1S/C23H25F3N4OS2/c1-4-14-9-10-18-15(11-14)12-19(33-18)20-28-29-22(30(20)3)32-13(2)21(31)27-17-8-6-5-7-16(17)23(24,25)26/h5-8,12-14H,4,9-11H2,1-3H3,(H,27,31). The van der Waals surface area contributed by atoms with E-state index < -0.39 is 22.9 Å². The molecular formula is C23H25F3N4OS2. The Balaban J connectivity index is 1.47. The molecule has 2 unspecified atom stereocenters. The number of carbonyl (C=O) groups excluding carboxylic acids is 1. The smallest absolute Gasteiger partial charge is 0.325 e. The van der Waals surface area contributed by atoms with Gasteiger partial charge in [-0.3, -0.25) is 4.79 Å². The van der Waals surface area contributed by atoms with E-state index in [-0.39, 0.29) is 5.69 Å². The average molecular weight is 495 g/mol. The summed E-state index contributed by atoms with van der Waals surface area (Å²) in [7, 11) is 1.84. The summed E-state index contributed by atoms with van der Waals surface area (Å²) < 4.78 is 41.5. The molecule has 176 valence electrons. The van der Waals surface area contributed by atoms with Crippen LogP contribution in [0.25, 0.3) is 10.7 Å². The predicted molar refractivity (Wildman–Crippen MR) is 126 cm³/mol. The number of hydrogen-bond acceptors (Lipinski definition) is 5. The van der Waals surface area contributed by atoms with Crippen molar-refractivity contribution in [2.45, 2.75) is 56.1 Å². The van der Waals surface area contributed by atoms with Gasteiger partial charge in [0.05, 0.1) is 21.4 Å². The number of hydrogen-bond donors (Lipinski definition) is 1. The van der Waals surface area contributed by atoms with Crippen molar-refractivity contribution in [2.75, 3.05) is 5.32 Å². The zero-order valence-electron chi connectivity index (χ0n) is 18.6. The second-order valence-electron chi connectivity index (χ2n) is 8.23. The minimum atomic E-state index is -4.55. The maximum atomic E-state index is 13.2. The topological polar surface area (TPSA) is 59.8 Å². The third-order valence-electron chi connectivity index (χ3n) is 5.96. The van der Waals surface area contributed by atoms with E-state index in [4.69, 9.17) is 0 Å². The maximum Gasteiger partial charge on any atom is 0.418 e. The Morgan fingerprint density at radius 3 is 2.82 bits per heavy atom. The van der Waals surface area contributed by atoms with Crippen molar-refractivity contribution < 1.29 is 18.0 Å². The van der Waals surface area contributed by atoms with Crippen LogP contribution in [-0.4, -0.2) is 25.9 Å². The van der Waals surface area contributed by atoms with Crippen molar-refractivity contribution >= 4 is 34.7 Å². The Bertz CT molecular complexity index is 1160. The van der Waals surface area contributed by atoms with Crippen molar-refractivity contribution in [1.29, 1.82) is 0 Å². The van der Waals surface area contributed by atoms with Gasteiger partial charge < -0.3 is 9.88 Å². The Kier molecular flexibility index (Phi) is 6.86. The monoisotopic (exact) mass is 494 g/mol. The van der Waals surface area contributed by atoms with Crippen LogP contribution in [0.15, 0.2) is 35.5 Å². The van der Waals surface area contributed by atoms with Gasteiger partial charge in [0.15, 0.2) is 11.0 Å². The minimum absolute atomic E-state index is 0.254. The van der Waals surface area contributed by atoms with Crippen molar-refractivity contribution in [3.63, 3.8) is 0 Å². The van der Waals surface area contributed by atoms with E-state index in [1.165, 1.54) is 53.2 Å². The SMILES string of the molecule is CCC1CCc2sc(-c3nnc(SC(C)C(=O)Nc4ccccc4C(F)(F)F)n3C)cc2C1. The first-order valence-corrected chi connectivity index (χ1v) is 12.5. The van der Waals surface area contributed by atoms with Crippen molar-refractivity contribution in [3.05, 3.63) is 46.3 Å². The van der Waals surface area contributed by atoms with Crippen molar-refractivity contribution in [2.24, 2.45) is 13.0 Å². The third-order valence-corrected chi connectivity index (χ3v) is 8.33. The molecular weight excluding hydrogens is 469 g/mol. The zero-order valence-corrected chi connectivity index (χ0v) is 20.2. The molecule has 3 aromatic rings. The number of benzene rings is 1. The van der Waals surface area contributed by atoms with E-state index >= 15 is 0 Å². The first kappa shape index (κ1) is 23.8. The lowest BCUT2D eigenvalue weighted by molar-refractivity contribution is -0.137. The summed E-state index contributed by atoms with van der Waals surface area (Å²) in [5.41, 5.74) is 0.264. The third kappa shape index (κ3) is 5.11. The second-order valence-corrected chi connectivity index (χ2v) is 10.7. The summed E-state index contributed by atoms with van der Waals surface area (Å²) in [6.07, 6.45) is 0.0406. The molecule has 0 saturated heterocycles. The number of aryl methyl sites for hydroxylation is 1. The summed E-state index contributed by atoms with van der Waals surface area (Å²) in [5.74, 6) is 0.936. The van der Waals surface area contributed by atoms with Gasteiger partial charge in [-0.05, 0) is 55.9 Å². The molecule has 0 bridgehead atoms. The van der Waals surface area contributed by atoms with Gasteiger partial charge >= 0.3 is 6.18 Å². The summed E-state index contributed by atoms with van der Waals surface area (Å²) in [6.45, 7) is 3.87. The highest BCUT2D eigenvalue weighted by Crippen LogP contribution is 2.38. The fourth-order valence-corrected chi connectivity index (χ4v) is 6.02. The number of thioether (sulfide) groups is 1. The van der Waals surface area contributed by atoms with Gasteiger partial charge in [0.2, 0.25) is 5.91 Å². The van der Waals surface area contributed by atoms with Crippen molar-refractivity contribution in [1.82, 2.24) is 14.8 Å².